The van der Waals surface area contributed by atoms with Crippen LogP contribution in [0, 0.1) is 29.9 Å². The predicted molar refractivity (Wildman–Crippen MR) is 113 cm³/mol. The summed E-state index contributed by atoms with van der Waals surface area (Å²) >= 11 is 3.37. The summed E-state index contributed by atoms with van der Waals surface area (Å²) in [5.41, 5.74) is 1.27. The topological polar surface area (TPSA) is 117 Å². The van der Waals surface area contributed by atoms with Gasteiger partial charge in [-0.3, -0.25) is 19.6 Å². The van der Waals surface area contributed by atoms with Crippen LogP contribution in [0.5, 0.6) is 5.75 Å². The van der Waals surface area contributed by atoms with E-state index in [0.717, 1.165) is 4.47 Å². The Morgan fingerprint density at radius 2 is 2.03 bits per heavy atom. The second-order valence-corrected chi connectivity index (χ2v) is 7.76. The van der Waals surface area contributed by atoms with Crippen molar-refractivity contribution in [2.75, 3.05) is 5.32 Å². The van der Waals surface area contributed by atoms with Crippen molar-refractivity contribution in [2.45, 2.75) is 34.0 Å². The molecule has 10 nitrogen and oxygen atoms in total. The van der Waals surface area contributed by atoms with Gasteiger partial charge in [-0.2, -0.15) is 10.2 Å². The molecule has 0 aliphatic carbocycles. The van der Waals surface area contributed by atoms with Crippen LogP contribution in [0.1, 0.15) is 18.3 Å². The van der Waals surface area contributed by atoms with Gasteiger partial charge < -0.3 is 10.1 Å². The molecule has 30 heavy (non-hydrogen) atoms. The van der Waals surface area contributed by atoms with E-state index < -0.39 is 10.8 Å². The molecule has 1 amide bonds. The second kappa shape index (κ2) is 9.08. The van der Waals surface area contributed by atoms with Crippen molar-refractivity contribution in [1.82, 2.24) is 19.6 Å². The first-order chi connectivity index (χ1) is 14.2. The number of amides is 1. The van der Waals surface area contributed by atoms with Crippen molar-refractivity contribution in [3.63, 3.8) is 0 Å². The number of anilines is 1. The summed E-state index contributed by atoms with van der Waals surface area (Å²) in [4.78, 5) is 23.2. The maximum atomic E-state index is 12.5. The van der Waals surface area contributed by atoms with Gasteiger partial charge in [0.1, 0.15) is 17.1 Å². The summed E-state index contributed by atoms with van der Waals surface area (Å²) in [6, 6.07) is 7.42. The van der Waals surface area contributed by atoms with Crippen LogP contribution in [0.15, 0.2) is 41.1 Å². The number of nitrogens with one attached hydrogen (secondary N) is 1. The van der Waals surface area contributed by atoms with Gasteiger partial charge in [0.2, 0.25) is 5.91 Å². The van der Waals surface area contributed by atoms with Crippen LogP contribution in [0.3, 0.4) is 0 Å². The van der Waals surface area contributed by atoms with Gasteiger partial charge >= 0.3 is 5.69 Å². The zero-order chi connectivity index (χ0) is 21.8. The lowest BCUT2D eigenvalue weighted by Crippen LogP contribution is -2.25. The summed E-state index contributed by atoms with van der Waals surface area (Å²) < 4.78 is 9.65. The first-order valence-electron chi connectivity index (χ1n) is 9.14. The molecule has 1 unspecified atom stereocenters. The van der Waals surface area contributed by atoms with Crippen LogP contribution in [-0.4, -0.2) is 30.4 Å². The van der Waals surface area contributed by atoms with E-state index >= 15 is 0 Å². The highest BCUT2D eigenvalue weighted by Gasteiger charge is 2.24. The van der Waals surface area contributed by atoms with Gasteiger partial charge in [-0.1, -0.05) is 22.9 Å². The average Bonchev–Trinajstić information content (AvgIpc) is 3.24. The fourth-order valence-corrected chi connectivity index (χ4v) is 3.17. The Bertz CT molecular complexity index is 1060. The fraction of sp³-hybridized carbons (Fsp3) is 0.316. The molecule has 1 atom stereocenters. The van der Waals surface area contributed by atoms with Crippen LogP contribution in [0.2, 0.25) is 0 Å². The molecule has 0 aliphatic rings. The number of nitrogens with zero attached hydrogens (tertiary/aromatic N) is 5. The van der Waals surface area contributed by atoms with Crippen LogP contribution < -0.4 is 10.1 Å². The summed E-state index contributed by atoms with van der Waals surface area (Å²) in [5.74, 6) is 0.00967. The van der Waals surface area contributed by atoms with Gasteiger partial charge in [-0.15, -0.1) is 0 Å². The van der Waals surface area contributed by atoms with Crippen molar-refractivity contribution < 1.29 is 14.5 Å². The van der Waals surface area contributed by atoms with Crippen LogP contribution in [-0.2, 0) is 18.1 Å². The Kier molecular flexibility index (Phi) is 6.50. The minimum Gasteiger partial charge on any atom is -0.471 e. The van der Waals surface area contributed by atoms with Gasteiger partial charge in [0.05, 0.1) is 35.5 Å². The fourth-order valence-electron chi connectivity index (χ4n) is 2.91. The highest BCUT2D eigenvalue weighted by atomic mass is 79.9. The number of carbonyl (C=O) groups excluding carboxylic acids is 1. The number of ether oxygens (including phenoxy) is 1. The van der Waals surface area contributed by atoms with E-state index in [4.69, 9.17) is 4.74 Å². The maximum absolute atomic E-state index is 12.5. The molecule has 0 aliphatic heterocycles. The van der Waals surface area contributed by atoms with E-state index in [1.54, 1.807) is 31.6 Å². The lowest BCUT2D eigenvalue weighted by atomic mass is 10.1. The van der Waals surface area contributed by atoms with Crippen molar-refractivity contribution in [3.05, 3.63) is 62.6 Å². The van der Waals surface area contributed by atoms with E-state index in [2.05, 4.69) is 31.4 Å². The Labute approximate surface area is 181 Å². The molecule has 158 valence electrons. The number of benzene rings is 1. The summed E-state index contributed by atoms with van der Waals surface area (Å²) in [7, 11) is 0. The highest BCUT2D eigenvalue weighted by molar-refractivity contribution is 9.10. The number of nitro groups is 1. The third kappa shape index (κ3) is 5.03. The third-order valence-electron chi connectivity index (χ3n) is 4.50. The number of aryl methyl sites for hydroxylation is 1. The quantitative estimate of drug-likeness (QED) is 0.391. The molecule has 0 saturated carbocycles. The zero-order valence-corrected chi connectivity index (χ0v) is 18.3. The molecular weight excluding hydrogens is 456 g/mol. The van der Waals surface area contributed by atoms with Crippen LogP contribution in [0.4, 0.5) is 11.4 Å². The maximum Gasteiger partial charge on any atom is 0.312 e. The molecule has 0 radical (unpaired) electrons. The number of carbonyl (C=O) groups is 1. The van der Waals surface area contributed by atoms with Gasteiger partial charge in [-0.05, 0) is 38.1 Å². The van der Waals surface area contributed by atoms with Crippen molar-refractivity contribution in [3.8, 4) is 5.75 Å². The number of hydrogen-bond acceptors (Lipinski definition) is 6. The van der Waals surface area contributed by atoms with Crippen LogP contribution in [0.25, 0.3) is 0 Å². The molecule has 3 aromatic rings. The zero-order valence-electron chi connectivity index (χ0n) is 16.7. The Morgan fingerprint density at radius 3 is 2.67 bits per heavy atom. The van der Waals surface area contributed by atoms with Crippen molar-refractivity contribution in [1.29, 1.82) is 0 Å². The van der Waals surface area contributed by atoms with Crippen LogP contribution >= 0.6 is 15.9 Å². The van der Waals surface area contributed by atoms with Gasteiger partial charge in [-0.25, -0.2) is 4.68 Å². The SMILES string of the molecule is Cc1nn(CC(C)C(=O)Nc2cnn(COc3ccc(Br)cc3)c2)c(C)c1[N+](=O)[O-]. The summed E-state index contributed by atoms with van der Waals surface area (Å²) in [5, 5.41) is 22.3. The number of rotatable bonds is 8. The molecule has 1 aromatic carbocycles. The molecule has 2 heterocycles. The monoisotopic (exact) mass is 476 g/mol. The highest BCUT2D eigenvalue weighted by Crippen LogP contribution is 2.23. The first kappa shape index (κ1) is 21.5. The van der Waals surface area contributed by atoms with E-state index in [-0.39, 0.29) is 24.9 Å². The minimum atomic E-state index is -0.455. The molecule has 0 saturated heterocycles. The normalized spacial score (nSPS) is 11.9. The third-order valence-corrected chi connectivity index (χ3v) is 5.03. The van der Waals surface area contributed by atoms with E-state index in [1.807, 2.05) is 24.3 Å². The van der Waals surface area contributed by atoms with E-state index in [0.29, 0.717) is 22.8 Å². The predicted octanol–water partition coefficient (Wildman–Crippen LogP) is 3.68. The molecule has 2 aromatic heterocycles. The van der Waals surface area contributed by atoms with Crippen molar-refractivity contribution >= 4 is 33.2 Å². The Balaban J connectivity index is 1.56. The number of aromatic nitrogens is 4. The standard InChI is InChI=1S/C19H21BrN6O4/c1-12(9-25-14(3)18(26(28)29)13(2)23-25)19(27)22-16-8-21-24(10-16)11-30-17-6-4-15(20)5-7-17/h4-8,10,12H,9,11H2,1-3H3,(H,22,27). The summed E-state index contributed by atoms with van der Waals surface area (Å²) in [6.45, 7) is 5.36. The Hall–Kier alpha value is -3.21. The molecule has 0 spiro atoms. The van der Waals surface area contributed by atoms with Gasteiger partial charge in [0, 0.05) is 4.47 Å². The first-order valence-corrected chi connectivity index (χ1v) is 9.94. The smallest absolute Gasteiger partial charge is 0.312 e. The number of halogens is 1. The molecule has 3 rings (SSSR count). The number of hydrogen-bond donors (Lipinski definition) is 1. The second-order valence-electron chi connectivity index (χ2n) is 6.84. The minimum absolute atomic E-state index is 0.0188. The van der Waals surface area contributed by atoms with Gasteiger partial charge in [0.15, 0.2) is 6.73 Å². The Morgan fingerprint density at radius 1 is 1.33 bits per heavy atom. The molecule has 0 bridgehead atoms. The van der Waals surface area contributed by atoms with E-state index in [9.17, 15) is 14.9 Å². The van der Waals surface area contributed by atoms with Crippen molar-refractivity contribution in [2.24, 2.45) is 5.92 Å². The lowest BCUT2D eigenvalue weighted by molar-refractivity contribution is -0.386. The van der Waals surface area contributed by atoms with Gasteiger partial charge in [0.25, 0.3) is 0 Å². The molecule has 1 N–H and O–H groups in total. The molecule has 11 heteroatoms. The summed E-state index contributed by atoms with van der Waals surface area (Å²) in [6.07, 6.45) is 3.20. The lowest BCUT2D eigenvalue weighted by Gasteiger charge is -2.12. The molecular formula is C19H21BrN6O4. The average molecular weight is 477 g/mol. The van der Waals surface area contributed by atoms with E-state index in [1.165, 1.54) is 10.9 Å². The largest absolute Gasteiger partial charge is 0.471 e. The molecule has 0 fully saturated rings.